The summed E-state index contributed by atoms with van der Waals surface area (Å²) in [5, 5.41) is 18.3. The maximum absolute atomic E-state index is 10.8. The molecule has 11 heteroatoms. The first-order chi connectivity index (χ1) is 18.7. The van der Waals surface area contributed by atoms with Gasteiger partial charge in [0.25, 0.3) is 0 Å². The van der Waals surface area contributed by atoms with E-state index in [4.69, 9.17) is 33.7 Å². The Balaban J connectivity index is 0.000000499. The molecule has 1 aliphatic heterocycles. The predicted molar refractivity (Wildman–Crippen MR) is 136 cm³/mol. The largest absolute Gasteiger partial charge is 1.00 e. The van der Waals surface area contributed by atoms with Gasteiger partial charge < -0.3 is 38.3 Å². The van der Waals surface area contributed by atoms with Crippen molar-refractivity contribution in [3.8, 4) is 29.1 Å². The van der Waals surface area contributed by atoms with Crippen LogP contribution >= 0.6 is 0 Å². The molecule has 2 aromatic rings. The second kappa shape index (κ2) is 22.5. The topological polar surface area (TPSA) is 129 Å². The molecule has 0 fully saturated rings. The van der Waals surface area contributed by atoms with Crippen LogP contribution in [0.25, 0.3) is 0 Å². The third kappa shape index (κ3) is 14.6. The van der Waals surface area contributed by atoms with Crippen LogP contribution in [0, 0.1) is 11.3 Å². The number of benzene rings is 2. The molecule has 1 heterocycles. The fraction of sp³-hybridized carbons (Fsp3) is 0.429. The summed E-state index contributed by atoms with van der Waals surface area (Å²) in [5.74, 6) is 1.97. The molecule has 206 valence electrons. The SMILES string of the molecule is CCCCOC(=O)/C(C#N)=C\[O-].[K+].c1ccc2c(c1)OCCOCCOc1ccccc1OCCOCCO2. The average molecular weight is 568 g/mol. The zero-order valence-electron chi connectivity index (χ0n) is 22.6. The van der Waals surface area contributed by atoms with Gasteiger partial charge in [-0.05, 0) is 30.7 Å². The van der Waals surface area contributed by atoms with E-state index in [-0.39, 0.29) is 64.3 Å². The molecule has 0 saturated heterocycles. The molecule has 0 atom stereocenters. The summed E-state index contributed by atoms with van der Waals surface area (Å²) >= 11 is 0. The van der Waals surface area contributed by atoms with Gasteiger partial charge in [0, 0.05) is 0 Å². The van der Waals surface area contributed by atoms with Crippen LogP contribution in [-0.4, -0.2) is 65.4 Å². The van der Waals surface area contributed by atoms with E-state index in [9.17, 15) is 9.90 Å². The van der Waals surface area contributed by atoms with Gasteiger partial charge >= 0.3 is 57.4 Å². The number of hydrogen-bond acceptors (Lipinski definition) is 10. The van der Waals surface area contributed by atoms with Gasteiger partial charge in [0.15, 0.2) is 23.0 Å². The van der Waals surface area contributed by atoms with Crippen LogP contribution in [0.1, 0.15) is 19.8 Å². The summed E-state index contributed by atoms with van der Waals surface area (Å²) in [6, 6.07) is 16.6. The smallest absolute Gasteiger partial charge is 0.877 e. The van der Waals surface area contributed by atoms with Crippen molar-refractivity contribution in [2.75, 3.05) is 59.5 Å². The van der Waals surface area contributed by atoms with E-state index in [1.54, 1.807) is 0 Å². The number of unbranched alkanes of at least 4 members (excludes halogenated alkanes) is 1. The molecule has 0 radical (unpaired) electrons. The number of esters is 1. The molecule has 1 aliphatic rings. The van der Waals surface area contributed by atoms with Crippen molar-refractivity contribution in [1.82, 2.24) is 0 Å². The monoisotopic (exact) mass is 567 g/mol. The van der Waals surface area contributed by atoms with Gasteiger partial charge in [0.2, 0.25) is 0 Å². The Morgan fingerprint density at radius 2 is 1.21 bits per heavy atom. The van der Waals surface area contributed by atoms with Gasteiger partial charge in [0.05, 0.1) is 33.0 Å². The van der Waals surface area contributed by atoms with Gasteiger partial charge in [-0.25, -0.2) is 4.79 Å². The molecule has 39 heavy (non-hydrogen) atoms. The first-order valence-corrected chi connectivity index (χ1v) is 12.4. The number of nitrogens with zero attached hydrogens (tertiary/aromatic N) is 1. The van der Waals surface area contributed by atoms with Crippen molar-refractivity contribution in [1.29, 1.82) is 5.26 Å². The van der Waals surface area contributed by atoms with Crippen LogP contribution < -0.4 is 75.4 Å². The molecular formula is C28H34KNO9. The number of nitriles is 1. The minimum absolute atomic E-state index is 0. The molecule has 2 aromatic carbocycles. The summed E-state index contributed by atoms with van der Waals surface area (Å²) in [6.07, 6.45) is 1.84. The molecule has 0 unspecified atom stereocenters. The predicted octanol–water partition coefficient (Wildman–Crippen LogP) is 0.0503. The third-order valence-corrected chi connectivity index (χ3v) is 4.83. The Bertz CT molecular complexity index is 915. The Morgan fingerprint density at radius 3 is 1.51 bits per heavy atom. The molecule has 0 saturated carbocycles. The van der Waals surface area contributed by atoms with Crippen molar-refractivity contribution in [2.24, 2.45) is 0 Å². The van der Waals surface area contributed by atoms with E-state index in [0.717, 1.165) is 12.8 Å². The van der Waals surface area contributed by atoms with E-state index >= 15 is 0 Å². The van der Waals surface area contributed by atoms with Gasteiger partial charge in [-0.2, -0.15) is 5.26 Å². The van der Waals surface area contributed by atoms with Gasteiger partial charge in [0.1, 0.15) is 38.1 Å². The summed E-state index contributed by atoms with van der Waals surface area (Å²) in [4.78, 5) is 10.8. The maximum atomic E-state index is 10.8. The van der Waals surface area contributed by atoms with E-state index in [0.29, 0.717) is 75.9 Å². The molecular weight excluding hydrogens is 533 g/mol. The fourth-order valence-corrected chi connectivity index (χ4v) is 2.93. The summed E-state index contributed by atoms with van der Waals surface area (Å²) in [7, 11) is 0. The van der Waals surface area contributed by atoms with Crippen LogP contribution in [0.15, 0.2) is 60.4 Å². The number of ether oxygens (including phenoxy) is 7. The van der Waals surface area contributed by atoms with Crippen LogP contribution in [0.2, 0.25) is 0 Å². The summed E-state index contributed by atoms with van der Waals surface area (Å²) in [5.41, 5.74) is -0.480. The maximum Gasteiger partial charge on any atom is 1.00 e. The van der Waals surface area contributed by atoms with Crippen molar-refractivity contribution < 1.29 is 94.4 Å². The fourth-order valence-electron chi connectivity index (χ4n) is 2.93. The summed E-state index contributed by atoms with van der Waals surface area (Å²) in [6.45, 7) is 5.85. The molecule has 0 N–H and O–H groups in total. The van der Waals surface area contributed by atoms with Crippen LogP contribution in [0.4, 0.5) is 0 Å². The van der Waals surface area contributed by atoms with Crippen molar-refractivity contribution in [3.05, 3.63) is 60.4 Å². The van der Waals surface area contributed by atoms with Crippen LogP contribution in [0.5, 0.6) is 23.0 Å². The number of carbonyl (C=O) groups is 1. The second-order valence-electron chi connectivity index (χ2n) is 7.64. The standard InChI is InChI=1S/C20H24O6.C8H11NO3.K/c1-2-6-18-17(5-1)23-13-9-21-11-15-25-19-7-3-4-8-20(19)26-16-12-22-10-14-24-18;1-2-3-4-12-8(11)7(5-9)6-10;/h1-8H,9-16H2;6,10H,2-4H2,1H3;/q;;+1/p-1/b;7-6-;. The minimum atomic E-state index is -0.832. The molecule has 3 rings (SSSR count). The molecule has 0 aromatic heterocycles. The van der Waals surface area contributed by atoms with E-state index < -0.39 is 11.5 Å². The number of fused-ring (bicyclic) bond motifs is 2. The quantitative estimate of drug-likeness (QED) is 0.125. The normalized spacial score (nSPS) is 14.5. The molecule has 0 aliphatic carbocycles. The van der Waals surface area contributed by atoms with Crippen molar-refractivity contribution in [3.63, 3.8) is 0 Å². The third-order valence-electron chi connectivity index (χ3n) is 4.83. The second-order valence-corrected chi connectivity index (χ2v) is 7.64. The van der Waals surface area contributed by atoms with E-state index in [1.165, 1.54) is 6.07 Å². The van der Waals surface area contributed by atoms with Crippen molar-refractivity contribution >= 4 is 5.97 Å². The molecule has 0 bridgehead atoms. The molecule has 0 spiro atoms. The first kappa shape index (κ1) is 34.7. The first-order valence-electron chi connectivity index (χ1n) is 12.4. The summed E-state index contributed by atoms with van der Waals surface area (Å²) < 4.78 is 38.7. The van der Waals surface area contributed by atoms with Gasteiger partial charge in [-0.15, -0.1) is 6.26 Å². The zero-order valence-corrected chi connectivity index (χ0v) is 25.7. The Kier molecular flexibility index (Phi) is 20.0. The zero-order chi connectivity index (χ0) is 27.3. The van der Waals surface area contributed by atoms with Crippen LogP contribution in [-0.2, 0) is 19.0 Å². The van der Waals surface area contributed by atoms with Gasteiger partial charge in [-0.1, -0.05) is 37.6 Å². The Hall–Kier alpha value is -2.30. The van der Waals surface area contributed by atoms with E-state index in [2.05, 4.69) is 4.74 Å². The Morgan fingerprint density at radius 1 is 0.821 bits per heavy atom. The number of para-hydroxylation sites is 4. The Labute approximate surface area is 272 Å². The average Bonchev–Trinajstić information content (AvgIpc) is 2.94. The van der Waals surface area contributed by atoms with Crippen LogP contribution in [0.3, 0.4) is 0 Å². The minimum Gasteiger partial charge on any atom is -0.877 e. The molecule has 0 amide bonds. The van der Waals surface area contributed by atoms with Crippen molar-refractivity contribution in [2.45, 2.75) is 19.8 Å². The van der Waals surface area contributed by atoms with E-state index in [1.807, 2.05) is 55.5 Å². The number of carbonyl (C=O) groups excluding carboxylic acids is 1. The number of rotatable bonds is 4. The number of hydrogen-bond donors (Lipinski definition) is 0. The van der Waals surface area contributed by atoms with Gasteiger partial charge in [-0.3, -0.25) is 0 Å². The molecule has 10 nitrogen and oxygen atoms in total.